The van der Waals surface area contributed by atoms with Gasteiger partial charge in [0.1, 0.15) is 17.8 Å². The lowest BCUT2D eigenvalue weighted by atomic mass is 10.1. The first-order chi connectivity index (χ1) is 30.0. The first-order valence-electron chi connectivity index (χ1n) is 23.0. The molecule has 332 valence electrons. The Labute approximate surface area is 368 Å². The zero-order valence-corrected chi connectivity index (χ0v) is 37.3. The number of hydrogen-bond donors (Lipinski definition) is 1. The SMILES string of the molecule is CC/C=C\C/C=C\C/C=C\C/C=C\C/C=C\CCCCCC(=O)Nc1ccn(C2CC/C(=C\OC(=O)CCCCC/C=C\C/C=C\C/C=C\C/C=C\C/C=C\CC)O2)c(=O)n1. The molecule has 1 N–H and O–H groups in total. The van der Waals surface area contributed by atoms with Crippen LogP contribution in [0.1, 0.15) is 161 Å². The molecule has 1 fully saturated rings. The summed E-state index contributed by atoms with van der Waals surface area (Å²) in [5.41, 5.74) is -0.511. The minimum atomic E-state index is -0.548. The number of allylic oxidation sites excluding steroid dienone is 21. The van der Waals surface area contributed by atoms with E-state index >= 15 is 0 Å². The van der Waals surface area contributed by atoms with Gasteiger partial charge in [-0.05, 0) is 109 Å². The Bertz CT molecular complexity index is 1730. The number of hydrogen-bond acceptors (Lipinski definition) is 6. The molecule has 1 amide bonds. The summed E-state index contributed by atoms with van der Waals surface area (Å²) in [6.45, 7) is 4.30. The lowest BCUT2D eigenvalue weighted by molar-refractivity contribution is -0.138. The van der Waals surface area contributed by atoms with Gasteiger partial charge in [-0.15, -0.1) is 0 Å². The average molecular weight is 834 g/mol. The van der Waals surface area contributed by atoms with Crippen molar-refractivity contribution in [2.24, 2.45) is 0 Å². The first kappa shape index (κ1) is 51.9. The van der Waals surface area contributed by atoms with Gasteiger partial charge in [0.2, 0.25) is 5.91 Å². The van der Waals surface area contributed by atoms with E-state index < -0.39 is 11.9 Å². The Hall–Kier alpha value is -5.24. The van der Waals surface area contributed by atoms with E-state index in [0.717, 1.165) is 116 Å². The number of carbonyl (C=O) groups excluding carboxylic acids is 2. The molecule has 2 heterocycles. The van der Waals surface area contributed by atoms with Crippen LogP contribution in [-0.2, 0) is 19.1 Å². The zero-order chi connectivity index (χ0) is 43.7. The number of amides is 1. The molecular formula is C53H75N3O5. The molecule has 2 rings (SSSR count). The van der Waals surface area contributed by atoms with Gasteiger partial charge in [0.15, 0.2) is 6.23 Å². The maximum atomic E-state index is 12.8. The number of unbranched alkanes of at least 4 members (excludes halogenated alkanes) is 6. The van der Waals surface area contributed by atoms with Gasteiger partial charge < -0.3 is 14.8 Å². The summed E-state index contributed by atoms with van der Waals surface area (Å²) in [5.74, 6) is 0.292. The monoisotopic (exact) mass is 834 g/mol. The summed E-state index contributed by atoms with van der Waals surface area (Å²) >= 11 is 0. The van der Waals surface area contributed by atoms with Crippen LogP contribution in [0.2, 0.25) is 0 Å². The van der Waals surface area contributed by atoms with Crippen LogP contribution >= 0.6 is 0 Å². The number of nitrogens with one attached hydrogen (secondary N) is 1. The van der Waals surface area contributed by atoms with E-state index in [1.54, 1.807) is 12.3 Å². The molecule has 0 radical (unpaired) electrons. The van der Waals surface area contributed by atoms with Crippen LogP contribution < -0.4 is 11.0 Å². The van der Waals surface area contributed by atoms with Crippen molar-refractivity contribution in [3.05, 3.63) is 156 Å². The van der Waals surface area contributed by atoms with Crippen molar-refractivity contribution < 1.29 is 19.1 Å². The van der Waals surface area contributed by atoms with Gasteiger partial charge in [-0.25, -0.2) is 4.79 Å². The summed E-state index contributed by atoms with van der Waals surface area (Å²) in [4.78, 5) is 41.5. The second-order valence-corrected chi connectivity index (χ2v) is 14.9. The Morgan fingerprint density at radius 2 is 1.08 bits per heavy atom. The summed E-state index contributed by atoms with van der Waals surface area (Å²) in [6.07, 6.45) is 65.6. The van der Waals surface area contributed by atoms with Crippen LogP contribution in [0.15, 0.2) is 151 Å². The molecule has 0 saturated carbocycles. The summed E-state index contributed by atoms with van der Waals surface area (Å²) in [7, 11) is 0. The van der Waals surface area contributed by atoms with Gasteiger partial charge in [0, 0.05) is 31.9 Å². The number of esters is 1. The smallest absolute Gasteiger partial charge is 0.352 e. The van der Waals surface area contributed by atoms with Crippen LogP contribution in [0.3, 0.4) is 0 Å². The lowest BCUT2D eigenvalue weighted by Gasteiger charge is -2.14. The highest BCUT2D eigenvalue weighted by Crippen LogP contribution is 2.30. The number of rotatable bonds is 33. The summed E-state index contributed by atoms with van der Waals surface area (Å²) in [5, 5.41) is 2.74. The van der Waals surface area contributed by atoms with Crippen molar-refractivity contribution in [2.45, 2.75) is 161 Å². The van der Waals surface area contributed by atoms with E-state index in [1.807, 2.05) is 0 Å². The zero-order valence-electron chi connectivity index (χ0n) is 37.3. The van der Waals surface area contributed by atoms with Crippen LogP contribution in [0, 0.1) is 0 Å². The second kappa shape index (κ2) is 37.7. The standard InChI is InChI=1S/C53H75N3O5/c1-3-5-7-9-11-13-15-17-19-21-23-25-27-29-31-33-35-37-39-41-50(57)54-49-45-46-56(53(59)55-49)51-44-43-48(61-51)47-60-52(58)42-40-38-36-34-32-30-28-26-24-22-20-18-16-14-12-10-8-6-4-2/h5-8,11-14,17-20,23-26,29-32,45-47,51H,3-4,9-10,15-16,21-22,27-28,33-44H2,1-2H3,(H,54,55,57,59)/b7-5-,8-6-,13-11-,14-12-,19-17-,20-18-,25-23-,26-24-,31-29-,32-30-,48-47+. The number of nitrogens with zero attached hydrogens (tertiary/aromatic N) is 2. The van der Waals surface area contributed by atoms with E-state index in [0.29, 0.717) is 31.4 Å². The molecule has 0 aliphatic carbocycles. The van der Waals surface area contributed by atoms with Crippen molar-refractivity contribution in [3.63, 3.8) is 0 Å². The summed E-state index contributed by atoms with van der Waals surface area (Å²) in [6, 6.07) is 1.60. The fourth-order valence-corrected chi connectivity index (χ4v) is 6.11. The third-order valence-electron chi connectivity index (χ3n) is 9.50. The summed E-state index contributed by atoms with van der Waals surface area (Å²) < 4.78 is 12.6. The van der Waals surface area contributed by atoms with E-state index in [4.69, 9.17) is 9.47 Å². The minimum Gasteiger partial charge on any atom is -0.471 e. The third kappa shape index (κ3) is 29.6. The Morgan fingerprint density at radius 3 is 1.54 bits per heavy atom. The predicted octanol–water partition coefficient (Wildman–Crippen LogP) is 14.3. The molecule has 0 bridgehead atoms. The number of aromatic nitrogens is 2. The van der Waals surface area contributed by atoms with E-state index in [-0.39, 0.29) is 17.7 Å². The van der Waals surface area contributed by atoms with Crippen LogP contribution in [0.4, 0.5) is 5.82 Å². The largest absolute Gasteiger partial charge is 0.471 e. The topological polar surface area (TPSA) is 99.5 Å². The van der Waals surface area contributed by atoms with Gasteiger partial charge >= 0.3 is 11.7 Å². The van der Waals surface area contributed by atoms with Crippen LogP contribution in [0.5, 0.6) is 0 Å². The molecule has 1 aliphatic rings. The second-order valence-electron chi connectivity index (χ2n) is 14.9. The number of ether oxygens (including phenoxy) is 2. The minimum absolute atomic E-state index is 0.158. The van der Waals surface area contributed by atoms with Crippen molar-refractivity contribution >= 4 is 17.7 Å². The highest BCUT2D eigenvalue weighted by molar-refractivity contribution is 5.89. The molecule has 8 nitrogen and oxygen atoms in total. The van der Waals surface area contributed by atoms with Crippen molar-refractivity contribution in [1.29, 1.82) is 0 Å². The molecule has 1 aliphatic heterocycles. The van der Waals surface area contributed by atoms with E-state index in [2.05, 4.69) is 146 Å². The first-order valence-corrected chi connectivity index (χ1v) is 23.0. The molecule has 8 heteroatoms. The van der Waals surface area contributed by atoms with E-state index in [1.165, 1.54) is 10.8 Å². The average Bonchev–Trinajstić information content (AvgIpc) is 3.73. The molecular weight excluding hydrogens is 759 g/mol. The van der Waals surface area contributed by atoms with Crippen molar-refractivity contribution in [3.8, 4) is 0 Å². The third-order valence-corrected chi connectivity index (χ3v) is 9.50. The molecule has 61 heavy (non-hydrogen) atoms. The van der Waals surface area contributed by atoms with Crippen LogP contribution in [-0.4, -0.2) is 21.4 Å². The van der Waals surface area contributed by atoms with Gasteiger partial charge in [-0.2, -0.15) is 4.98 Å². The van der Waals surface area contributed by atoms with Gasteiger partial charge in [0.05, 0.1) is 0 Å². The van der Waals surface area contributed by atoms with Gasteiger partial charge in [-0.3, -0.25) is 14.2 Å². The highest BCUT2D eigenvalue weighted by Gasteiger charge is 2.24. The van der Waals surface area contributed by atoms with Gasteiger partial charge in [0.25, 0.3) is 0 Å². The quantitative estimate of drug-likeness (QED) is 0.0328. The molecule has 1 unspecified atom stereocenters. The molecule has 1 saturated heterocycles. The maximum Gasteiger partial charge on any atom is 0.352 e. The van der Waals surface area contributed by atoms with Gasteiger partial charge in [-0.1, -0.05) is 148 Å². The number of anilines is 1. The predicted molar refractivity (Wildman–Crippen MR) is 256 cm³/mol. The fraction of sp³-hybridized carbons (Fsp3) is 0.472. The normalized spacial score (nSPS) is 15.8. The molecule has 1 atom stereocenters. The molecule has 0 aromatic carbocycles. The molecule has 1 aromatic rings. The van der Waals surface area contributed by atoms with Crippen LogP contribution in [0.25, 0.3) is 0 Å². The van der Waals surface area contributed by atoms with E-state index in [9.17, 15) is 14.4 Å². The molecule has 1 aromatic heterocycles. The highest BCUT2D eigenvalue weighted by atomic mass is 16.6. The Morgan fingerprint density at radius 1 is 0.639 bits per heavy atom. The Kier molecular flexibility index (Phi) is 32.1. The Balaban J connectivity index is 1.50. The lowest BCUT2D eigenvalue weighted by Crippen LogP contribution is -2.27. The van der Waals surface area contributed by atoms with Crippen molar-refractivity contribution in [1.82, 2.24) is 9.55 Å². The molecule has 0 spiro atoms. The maximum absolute atomic E-state index is 12.8. The number of carbonyl (C=O) groups is 2. The van der Waals surface area contributed by atoms with Crippen molar-refractivity contribution in [2.75, 3.05) is 5.32 Å². The fourth-order valence-electron chi connectivity index (χ4n) is 6.11.